The van der Waals surface area contributed by atoms with Crippen LogP contribution in [0.2, 0.25) is 10.0 Å². The molecule has 1 aromatic carbocycles. The van der Waals surface area contributed by atoms with Crippen LogP contribution >= 0.6 is 23.2 Å². The predicted molar refractivity (Wildman–Crippen MR) is 113 cm³/mol. The van der Waals surface area contributed by atoms with Gasteiger partial charge >= 0.3 is 0 Å². The summed E-state index contributed by atoms with van der Waals surface area (Å²) in [5.74, 6) is -0.705. The van der Waals surface area contributed by atoms with Crippen molar-refractivity contribution in [3.05, 3.63) is 40.0 Å². The molecule has 0 radical (unpaired) electrons. The summed E-state index contributed by atoms with van der Waals surface area (Å²) in [5, 5.41) is 6.76. The van der Waals surface area contributed by atoms with Crippen LogP contribution in [0.4, 0.5) is 0 Å². The van der Waals surface area contributed by atoms with Crippen molar-refractivity contribution in [2.45, 2.75) is 54.8 Å². The van der Waals surface area contributed by atoms with E-state index in [-0.39, 0.29) is 45.0 Å². The number of hydrogen-bond donors (Lipinski definition) is 1. The van der Waals surface area contributed by atoms with E-state index in [9.17, 15) is 13.2 Å². The van der Waals surface area contributed by atoms with Gasteiger partial charge in [0.15, 0.2) is 15.7 Å². The third kappa shape index (κ3) is 5.72. The Morgan fingerprint density at radius 1 is 1.23 bits per heavy atom. The number of rotatable bonds is 7. The fraction of sp³-hybridized carbons (Fsp3) is 0.526. The fourth-order valence-corrected chi connectivity index (χ4v) is 5.54. The van der Waals surface area contributed by atoms with Crippen LogP contribution in [0.25, 0.3) is 0 Å². The maximum atomic E-state index is 12.6. The summed E-state index contributed by atoms with van der Waals surface area (Å²) in [6.45, 7) is 0. The van der Waals surface area contributed by atoms with Crippen molar-refractivity contribution in [3.63, 3.8) is 0 Å². The lowest BCUT2D eigenvalue weighted by Gasteiger charge is -2.32. The summed E-state index contributed by atoms with van der Waals surface area (Å²) in [4.78, 5) is 18.4. The summed E-state index contributed by atoms with van der Waals surface area (Å²) in [5.41, 5.74) is 0. The van der Waals surface area contributed by atoms with Crippen LogP contribution in [-0.4, -0.2) is 55.5 Å². The average molecular weight is 475 g/mol. The first-order valence-electron chi connectivity index (χ1n) is 9.59. The highest BCUT2D eigenvalue weighted by molar-refractivity contribution is 7.90. The van der Waals surface area contributed by atoms with Crippen LogP contribution in [0.15, 0.2) is 27.6 Å². The van der Waals surface area contributed by atoms with Crippen molar-refractivity contribution in [3.8, 4) is 0 Å². The monoisotopic (exact) mass is 474 g/mol. The number of carbonyl (C=O) groups is 1. The molecule has 0 unspecified atom stereocenters. The molecule has 3 rings (SSSR count). The number of amides is 1. The van der Waals surface area contributed by atoms with Crippen LogP contribution in [0.1, 0.15) is 37.4 Å². The molecule has 1 aliphatic carbocycles. The molecule has 1 amide bonds. The Kier molecular flexibility index (Phi) is 7.38. The van der Waals surface area contributed by atoms with Gasteiger partial charge in [-0.3, -0.25) is 4.79 Å². The Hall–Kier alpha value is -1.68. The van der Waals surface area contributed by atoms with E-state index in [2.05, 4.69) is 34.5 Å². The molecular weight excluding hydrogens is 451 g/mol. The highest BCUT2D eigenvalue weighted by Gasteiger charge is 2.25. The van der Waals surface area contributed by atoms with Crippen LogP contribution in [0, 0.1) is 0 Å². The number of nitrogens with zero attached hydrogens (tertiary/aromatic N) is 3. The second kappa shape index (κ2) is 9.64. The standard InChI is InChI=1S/C19H24Cl2N4O4S/c1-25(2)13-8-6-12(7-9-13)22-17(26)10-18-23-16(24-29-18)11-30(27,28)15-5-3-4-14(20)19(15)21/h3-5,12-13H,6-11H2,1-2H3,(H,22,26). The second-order valence-corrected chi connectivity index (χ2v) is 10.4. The third-order valence-electron chi connectivity index (χ3n) is 5.18. The Labute approximate surface area is 185 Å². The lowest BCUT2D eigenvalue weighted by atomic mass is 9.90. The predicted octanol–water partition coefficient (Wildman–Crippen LogP) is 2.88. The lowest BCUT2D eigenvalue weighted by molar-refractivity contribution is -0.121. The second-order valence-electron chi connectivity index (χ2n) is 7.63. The molecule has 11 heteroatoms. The maximum Gasteiger partial charge on any atom is 0.236 e. The lowest BCUT2D eigenvalue weighted by Crippen LogP contribution is -2.42. The van der Waals surface area contributed by atoms with Crippen molar-refractivity contribution in [1.29, 1.82) is 0 Å². The molecule has 1 aliphatic rings. The van der Waals surface area contributed by atoms with E-state index in [1.807, 2.05) is 0 Å². The van der Waals surface area contributed by atoms with E-state index >= 15 is 0 Å². The van der Waals surface area contributed by atoms with Gasteiger partial charge < -0.3 is 14.7 Å². The van der Waals surface area contributed by atoms with Gasteiger partial charge in [0.2, 0.25) is 11.8 Å². The first-order valence-corrected chi connectivity index (χ1v) is 12.0. The van der Waals surface area contributed by atoms with Crippen molar-refractivity contribution in [2.24, 2.45) is 0 Å². The van der Waals surface area contributed by atoms with Crippen LogP contribution in [0.3, 0.4) is 0 Å². The average Bonchev–Trinajstić information content (AvgIpc) is 3.10. The minimum Gasteiger partial charge on any atom is -0.353 e. The Balaban J connectivity index is 1.56. The van der Waals surface area contributed by atoms with E-state index in [0.29, 0.717) is 6.04 Å². The molecular formula is C19H24Cl2N4O4S. The summed E-state index contributed by atoms with van der Waals surface area (Å²) >= 11 is 11.9. The molecule has 0 aliphatic heterocycles. The number of carbonyl (C=O) groups excluding carboxylic acids is 1. The summed E-state index contributed by atoms with van der Waals surface area (Å²) < 4.78 is 30.2. The molecule has 0 saturated heterocycles. The van der Waals surface area contributed by atoms with Gasteiger partial charge in [0.1, 0.15) is 12.2 Å². The van der Waals surface area contributed by atoms with Gasteiger partial charge in [-0.1, -0.05) is 34.4 Å². The Bertz CT molecular complexity index is 1000. The van der Waals surface area contributed by atoms with E-state index in [4.69, 9.17) is 27.7 Å². The van der Waals surface area contributed by atoms with Crippen LogP contribution in [-0.2, 0) is 26.8 Å². The highest BCUT2D eigenvalue weighted by Crippen LogP contribution is 2.30. The molecule has 1 saturated carbocycles. The van der Waals surface area contributed by atoms with Crippen LogP contribution < -0.4 is 5.32 Å². The van der Waals surface area contributed by atoms with E-state index in [0.717, 1.165) is 25.7 Å². The number of halogens is 2. The molecule has 1 fully saturated rings. The molecule has 30 heavy (non-hydrogen) atoms. The van der Waals surface area contributed by atoms with Crippen molar-refractivity contribution in [1.82, 2.24) is 20.4 Å². The van der Waals surface area contributed by atoms with E-state index in [1.165, 1.54) is 18.2 Å². The molecule has 1 N–H and O–H groups in total. The fourth-order valence-electron chi connectivity index (χ4n) is 3.55. The van der Waals surface area contributed by atoms with Crippen molar-refractivity contribution < 1.29 is 17.7 Å². The Morgan fingerprint density at radius 3 is 2.60 bits per heavy atom. The molecule has 0 bridgehead atoms. The van der Waals surface area contributed by atoms with Gasteiger partial charge in [0.05, 0.1) is 14.9 Å². The van der Waals surface area contributed by atoms with Crippen LogP contribution in [0.5, 0.6) is 0 Å². The number of nitrogens with one attached hydrogen (secondary N) is 1. The zero-order valence-corrected chi connectivity index (χ0v) is 19.1. The smallest absolute Gasteiger partial charge is 0.236 e. The number of benzene rings is 1. The SMILES string of the molecule is CN(C)C1CCC(NC(=O)Cc2nc(CS(=O)(=O)c3cccc(Cl)c3Cl)no2)CC1. The van der Waals surface area contributed by atoms with Gasteiger partial charge in [-0.25, -0.2) is 8.42 Å². The largest absolute Gasteiger partial charge is 0.353 e. The van der Waals surface area contributed by atoms with Gasteiger partial charge in [-0.05, 0) is 51.9 Å². The first kappa shape index (κ1) is 23.0. The van der Waals surface area contributed by atoms with Gasteiger partial charge in [-0.2, -0.15) is 4.98 Å². The van der Waals surface area contributed by atoms with Gasteiger partial charge in [-0.15, -0.1) is 0 Å². The highest BCUT2D eigenvalue weighted by atomic mass is 35.5. The zero-order chi connectivity index (χ0) is 21.9. The molecule has 0 atom stereocenters. The number of hydrogen-bond acceptors (Lipinski definition) is 7. The summed E-state index contributed by atoms with van der Waals surface area (Å²) in [6, 6.07) is 5.04. The van der Waals surface area contributed by atoms with E-state index < -0.39 is 15.6 Å². The number of aromatic nitrogens is 2. The van der Waals surface area contributed by atoms with Crippen molar-refractivity contribution in [2.75, 3.05) is 14.1 Å². The van der Waals surface area contributed by atoms with Gasteiger partial charge in [0, 0.05) is 12.1 Å². The minimum absolute atomic E-state index is 0.0414. The summed E-state index contributed by atoms with van der Waals surface area (Å²) in [7, 11) is 0.311. The molecule has 1 heterocycles. The zero-order valence-electron chi connectivity index (χ0n) is 16.8. The topological polar surface area (TPSA) is 105 Å². The summed E-state index contributed by atoms with van der Waals surface area (Å²) in [6.07, 6.45) is 3.81. The maximum absolute atomic E-state index is 12.6. The van der Waals surface area contributed by atoms with E-state index in [1.54, 1.807) is 0 Å². The molecule has 164 valence electrons. The first-order chi connectivity index (χ1) is 14.2. The van der Waals surface area contributed by atoms with Crippen molar-refractivity contribution >= 4 is 38.9 Å². The normalized spacial score (nSPS) is 19.8. The molecule has 1 aromatic heterocycles. The Morgan fingerprint density at radius 2 is 1.93 bits per heavy atom. The quantitative estimate of drug-likeness (QED) is 0.657. The molecule has 0 spiro atoms. The minimum atomic E-state index is -3.82. The van der Waals surface area contributed by atoms with Gasteiger partial charge in [0.25, 0.3) is 0 Å². The number of sulfone groups is 1. The molecule has 8 nitrogen and oxygen atoms in total. The third-order valence-corrected chi connectivity index (χ3v) is 7.76. The molecule has 2 aromatic rings.